The van der Waals surface area contributed by atoms with Crippen LogP contribution < -0.4 is 5.73 Å². The van der Waals surface area contributed by atoms with E-state index in [-0.39, 0.29) is 6.04 Å². The van der Waals surface area contributed by atoms with Gasteiger partial charge in [-0.15, -0.1) is 0 Å². The Labute approximate surface area is 89.9 Å². The summed E-state index contributed by atoms with van der Waals surface area (Å²) in [6.07, 6.45) is 3.87. The molecule has 0 aromatic heterocycles. The summed E-state index contributed by atoms with van der Waals surface area (Å²) in [7, 11) is 0. The van der Waals surface area contributed by atoms with Crippen molar-refractivity contribution in [2.24, 2.45) is 10.9 Å². The lowest BCUT2D eigenvalue weighted by atomic mass is 10.1. The molecule has 0 spiro atoms. The lowest BCUT2D eigenvalue weighted by Crippen LogP contribution is -2.55. The zero-order valence-electron chi connectivity index (χ0n) is 9.09. The highest BCUT2D eigenvalue weighted by Crippen LogP contribution is 2.30. The van der Waals surface area contributed by atoms with Crippen molar-refractivity contribution >= 4 is 5.84 Å². The van der Waals surface area contributed by atoms with Crippen LogP contribution in [-0.2, 0) is 4.74 Å². The summed E-state index contributed by atoms with van der Waals surface area (Å²) in [5.41, 5.74) is 5.65. The molecular formula is C10H19N3O2. The van der Waals surface area contributed by atoms with Gasteiger partial charge in [-0.2, -0.15) is 0 Å². The summed E-state index contributed by atoms with van der Waals surface area (Å²) in [4.78, 5) is 2.30. The van der Waals surface area contributed by atoms with Gasteiger partial charge in [0.25, 0.3) is 0 Å². The maximum Gasteiger partial charge on any atom is 0.156 e. The number of nitrogens with zero attached hydrogens (tertiary/aromatic N) is 2. The first-order chi connectivity index (χ1) is 7.24. The van der Waals surface area contributed by atoms with Crippen LogP contribution in [0.4, 0.5) is 0 Å². The Morgan fingerprint density at radius 1 is 1.60 bits per heavy atom. The van der Waals surface area contributed by atoms with E-state index in [2.05, 4.69) is 10.1 Å². The molecule has 3 unspecified atom stereocenters. The molecule has 2 aliphatic rings. The summed E-state index contributed by atoms with van der Waals surface area (Å²) in [6, 6.07) is 0.457. The molecule has 1 saturated heterocycles. The fourth-order valence-electron chi connectivity index (χ4n) is 2.69. The molecule has 15 heavy (non-hydrogen) atoms. The molecule has 86 valence electrons. The average molecular weight is 213 g/mol. The Morgan fingerprint density at radius 3 is 3.13 bits per heavy atom. The second kappa shape index (κ2) is 4.37. The molecule has 1 saturated carbocycles. The Bertz CT molecular complexity index is 257. The van der Waals surface area contributed by atoms with E-state index < -0.39 is 0 Å². The van der Waals surface area contributed by atoms with Crippen molar-refractivity contribution < 1.29 is 9.94 Å². The van der Waals surface area contributed by atoms with Crippen LogP contribution in [0.25, 0.3) is 0 Å². The number of amidine groups is 1. The van der Waals surface area contributed by atoms with Crippen LogP contribution >= 0.6 is 0 Å². The monoisotopic (exact) mass is 213 g/mol. The molecule has 0 bridgehead atoms. The molecule has 2 fully saturated rings. The van der Waals surface area contributed by atoms with E-state index in [0.29, 0.717) is 18.0 Å². The van der Waals surface area contributed by atoms with Crippen molar-refractivity contribution in [2.75, 3.05) is 13.2 Å². The van der Waals surface area contributed by atoms with Gasteiger partial charge in [0, 0.05) is 12.6 Å². The van der Waals surface area contributed by atoms with Gasteiger partial charge >= 0.3 is 0 Å². The van der Waals surface area contributed by atoms with E-state index >= 15 is 0 Å². The second-order valence-corrected chi connectivity index (χ2v) is 4.35. The maximum absolute atomic E-state index is 8.68. The number of nitrogens with two attached hydrogens (primary N) is 1. The standard InChI is InChI=1S/C10H19N3O2/c1-7(10(11)12-14)13-5-6-15-9-4-2-3-8(9)13/h7-9,14H,2-6H2,1H3,(H2,11,12). The summed E-state index contributed by atoms with van der Waals surface area (Å²) in [5, 5.41) is 11.8. The van der Waals surface area contributed by atoms with Gasteiger partial charge in [0.2, 0.25) is 0 Å². The molecule has 5 nitrogen and oxygen atoms in total. The number of fused-ring (bicyclic) bond motifs is 1. The number of hydrogen-bond acceptors (Lipinski definition) is 4. The van der Waals surface area contributed by atoms with Gasteiger partial charge in [0.15, 0.2) is 5.84 Å². The van der Waals surface area contributed by atoms with Gasteiger partial charge in [0.1, 0.15) is 0 Å². The van der Waals surface area contributed by atoms with Crippen molar-refractivity contribution in [1.29, 1.82) is 0 Å². The second-order valence-electron chi connectivity index (χ2n) is 4.35. The maximum atomic E-state index is 8.68. The zero-order valence-corrected chi connectivity index (χ0v) is 9.09. The van der Waals surface area contributed by atoms with Crippen LogP contribution in [0, 0.1) is 0 Å². The molecule has 1 aliphatic carbocycles. The van der Waals surface area contributed by atoms with Crippen LogP contribution in [0.15, 0.2) is 5.16 Å². The van der Waals surface area contributed by atoms with Gasteiger partial charge in [-0.05, 0) is 26.2 Å². The highest BCUT2D eigenvalue weighted by atomic mass is 16.5. The van der Waals surface area contributed by atoms with Gasteiger partial charge in [0.05, 0.1) is 18.8 Å². The molecule has 1 aliphatic heterocycles. The van der Waals surface area contributed by atoms with E-state index in [4.69, 9.17) is 15.7 Å². The SMILES string of the molecule is CC(C(N)=NO)N1CCOC2CCCC21. The first kappa shape index (κ1) is 10.7. The molecule has 3 atom stereocenters. The van der Waals surface area contributed by atoms with Crippen molar-refractivity contribution in [3.63, 3.8) is 0 Å². The molecular weight excluding hydrogens is 194 g/mol. The van der Waals surface area contributed by atoms with E-state index in [9.17, 15) is 0 Å². The summed E-state index contributed by atoms with van der Waals surface area (Å²) < 4.78 is 5.71. The van der Waals surface area contributed by atoms with Gasteiger partial charge in [-0.25, -0.2) is 0 Å². The highest BCUT2D eigenvalue weighted by Gasteiger charge is 2.38. The van der Waals surface area contributed by atoms with Gasteiger partial charge in [-0.3, -0.25) is 4.90 Å². The molecule has 1 heterocycles. The van der Waals surface area contributed by atoms with Crippen LogP contribution in [0.3, 0.4) is 0 Å². The lowest BCUT2D eigenvalue weighted by Gasteiger charge is -2.40. The fraction of sp³-hybridized carbons (Fsp3) is 0.900. The minimum Gasteiger partial charge on any atom is -0.409 e. The van der Waals surface area contributed by atoms with Gasteiger partial charge < -0.3 is 15.7 Å². The molecule has 0 aromatic carbocycles. The van der Waals surface area contributed by atoms with Crippen LogP contribution in [-0.4, -0.2) is 47.3 Å². The lowest BCUT2D eigenvalue weighted by molar-refractivity contribution is -0.0608. The Kier molecular flexibility index (Phi) is 3.11. The molecule has 5 heteroatoms. The number of rotatable bonds is 2. The van der Waals surface area contributed by atoms with Crippen molar-refractivity contribution in [3.05, 3.63) is 0 Å². The number of morpholine rings is 1. The summed E-state index contributed by atoms with van der Waals surface area (Å²) >= 11 is 0. The van der Waals surface area contributed by atoms with Crippen molar-refractivity contribution in [1.82, 2.24) is 4.90 Å². The Morgan fingerprint density at radius 2 is 2.40 bits per heavy atom. The molecule has 0 amide bonds. The quantitative estimate of drug-likeness (QED) is 0.301. The van der Waals surface area contributed by atoms with E-state index in [1.807, 2.05) is 6.92 Å². The molecule has 2 rings (SSSR count). The minimum atomic E-state index is 0.00417. The summed E-state index contributed by atoms with van der Waals surface area (Å²) in [5.74, 6) is 0.294. The Hall–Kier alpha value is -0.810. The molecule has 0 radical (unpaired) electrons. The van der Waals surface area contributed by atoms with E-state index in [1.54, 1.807) is 0 Å². The predicted molar refractivity (Wildman–Crippen MR) is 57.0 cm³/mol. The topological polar surface area (TPSA) is 71.1 Å². The normalized spacial score (nSPS) is 35.1. The first-order valence-electron chi connectivity index (χ1n) is 5.59. The van der Waals surface area contributed by atoms with Crippen molar-refractivity contribution in [2.45, 2.75) is 44.4 Å². The largest absolute Gasteiger partial charge is 0.409 e. The van der Waals surface area contributed by atoms with Gasteiger partial charge in [-0.1, -0.05) is 5.16 Å². The molecule has 3 N–H and O–H groups in total. The molecule has 0 aromatic rings. The van der Waals surface area contributed by atoms with Crippen molar-refractivity contribution in [3.8, 4) is 0 Å². The average Bonchev–Trinajstić information content (AvgIpc) is 2.74. The third-order valence-electron chi connectivity index (χ3n) is 3.57. The number of ether oxygens (including phenoxy) is 1. The summed E-state index contributed by atoms with van der Waals surface area (Å²) in [6.45, 7) is 3.61. The van der Waals surface area contributed by atoms with Crippen LogP contribution in [0.1, 0.15) is 26.2 Å². The van der Waals surface area contributed by atoms with E-state index in [0.717, 1.165) is 26.0 Å². The third kappa shape index (κ3) is 1.94. The number of oxime groups is 1. The zero-order chi connectivity index (χ0) is 10.8. The number of hydrogen-bond donors (Lipinski definition) is 2. The minimum absolute atomic E-state index is 0.00417. The van der Waals surface area contributed by atoms with E-state index in [1.165, 1.54) is 6.42 Å². The first-order valence-corrected chi connectivity index (χ1v) is 5.59. The third-order valence-corrected chi connectivity index (χ3v) is 3.57. The van der Waals surface area contributed by atoms with Crippen LogP contribution in [0.5, 0.6) is 0 Å². The smallest absolute Gasteiger partial charge is 0.156 e. The Balaban J connectivity index is 2.07. The predicted octanol–water partition coefficient (Wildman–Crippen LogP) is 0.375. The highest BCUT2D eigenvalue weighted by molar-refractivity contribution is 5.84. The fourth-order valence-corrected chi connectivity index (χ4v) is 2.69. The van der Waals surface area contributed by atoms with Crippen LogP contribution in [0.2, 0.25) is 0 Å².